The third kappa shape index (κ3) is 2.31. The van der Waals surface area contributed by atoms with Crippen LogP contribution in [-0.4, -0.2) is 10.8 Å². The normalized spacial score (nSPS) is 10.5. The predicted octanol–water partition coefficient (Wildman–Crippen LogP) is 3.42. The van der Waals surface area contributed by atoms with Crippen LogP contribution in [0.4, 0.5) is 0 Å². The molecule has 1 aromatic carbocycles. The molecular weight excluding hydrogens is 210 g/mol. The van der Waals surface area contributed by atoms with Crippen LogP contribution in [0.3, 0.4) is 0 Å². The van der Waals surface area contributed by atoms with E-state index in [0.29, 0.717) is 5.69 Å². The van der Waals surface area contributed by atoms with E-state index in [1.807, 2.05) is 44.2 Å². The number of H-pyrrole nitrogens is 1. The fourth-order valence-electron chi connectivity index (χ4n) is 1.90. The first-order chi connectivity index (χ1) is 8.11. The molecule has 1 N–H and O–H groups in total. The number of benzene rings is 1. The molecule has 1 heterocycles. The van der Waals surface area contributed by atoms with Crippen molar-refractivity contribution in [3.63, 3.8) is 0 Å². The van der Waals surface area contributed by atoms with Gasteiger partial charge in [0, 0.05) is 11.3 Å². The van der Waals surface area contributed by atoms with Crippen molar-refractivity contribution in [1.82, 2.24) is 4.98 Å². The van der Waals surface area contributed by atoms with Gasteiger partial charge in [0.25, 0.3) is 0 Å². The highest BCUT2D eigenvalue weighted by atomic mass is 16.1. The fourth-order valence-corrected chi connectivity index (χ4v) is 1.90. The Balaban J connectivity index is 2.36. The maximum Gasteiger partial charge on any atom is 0.209 e. The number of ketones is 1. The molecule has 0 amide bonds. The topological polar surface area (TPSA) is 32.9 Å². The van der Waals surface area contributed by atoms with Crippen LogP contribution in [0.15, 0.2) is 30.3 Å². The SMILES string of the molecule is CCc1cc(C)c(C(=O)c2ccc(C)cc2)[nH]1. The molecule has 0 radical (unpaired) electrons. The quantitative estimate of drug-likeness (QED) is 0.801. The van der Waals surface area contributed by atoms with Crippen LogP contribution >= 0.6 is 0 Å². The van der Waals surface area contributed by atoms with E-state index in [1.54, 1.807) is 0 Å². The molecule has 17 heavy (non-hydrogen) atoms. The predicted molar refractivity (Wildman–Crippen MR) is 69.5 cm³/mol. The zero-order valence-electron chi connectivity index (χ0n) is 10.5. The minimum atomic E-state index is 0.0715. The van der Waals surface area contributed by atoms with Gasteiger partial charge >= 0.3 is 0 Å². The van der Waals surface area contributed by atoms with Crippen molar-refractivity contribution in [2.75, 3.05) is 0 Å². The minimum Gasteiger partial charge on any atom is -0.356 e. The number of rotatable bonds is 3. The van der Waals surface area contributed by atoms with E-state index >= 15 is 0 Å². The van der Waals surface area contributed by atoms with E-state index in [9.17, 15) is 4.79 Å². The van der Waals surface area contributed by atoms with Crippen molar-refractivity contribution in [2.45, 2.75) is 27.2 Å². The summed E-state index contributed by atoms with van der Waals surface area (Å²) in [5, 5.41) is 0. The van der Waals surface area contributed by atoms with Gasteiger partial charge in [0.15, 0.2) is 0 Å². The summed E-state index contributed by atoms with van der Waals surface area (Å²) in [7, 11) is 0. The second-order valence-electron chi connectivity index (χ2n) is 4.40. The van der Waals surface area contributed by atoms with Gasteiger partial charge in [-0.3, -0.25) is 4.79 Å². The first-order valence-electron chi connectivity index (χ1n) is 5.91. The lowest BCUT2D eigenvalue weighted by Crippen LogP contribution is -2.03. The van der Waals surface area contributed by atoms with Gasteiger partial charge in [-0.05, 0) is 31.9 Å². The van der Waals surface area contributed by atoms with E-state index in [2.05, 4.69) is 11.9 Å². The smallest absolute Gasteiger partial charge is 0.209 e. The summed E-state index contributed by atoms with van der Waals surface area (Å²) in [5.41, 5.74) is 4.75. The average molecular weight is 227 g/mol. The average Bonchev–Trinajstić information content (AvgIpc) is 2.71. The van der Waals surface area contributed by atoms with Gasteiger partial charge < -0.3 is 4.98 Å². The Hall–Kier alpha value is -1.83. The third-order valence-corrected chi connectivity index (χ3v) is 2.99. The van der Waals surface area contributed by atoms with Crippen molar-refractivity contribution in [2.24, 2.45) is 0 Å². The molecule has 0 aliphatic carbocycles. The molecule has 0 atom stereocenters. The van der Waals surface area contributed by atoms with Crippen LogP contribution in [0.2, 0.25) is 0 Å². The number of carbonyl (C=O) groups is 1. The summed E-state index contributed by atoms with van der Waals surface area (Å²) in [6.07, 6.45) is 0.919. The summed E-state index contributed by atoms with van der Waals surface area (Å²) in [6, 6.07) is 9.73. The number of carbonyl (C=O) groups excluding carboxylic acids is 1. The first kappa shape index (κ1) is 11.6. The number of aromatic amines is 1. The number of aromatic nitrogens is 1. The van der Waals surface area contributed by atoms with E-state index in [4.69, 9.17) is 0 Å². The molecule has 0 saturated carbocycles. The van der Waals surface area contributed by atoms with Crippen LogP contribution < -0.4 is 0 Å². The molecule has 2 rings (SSSR count). The number of hydrogen-bond acceptors (Lipinski definition) is 1. The van der Waals surface area contributed by atoms with Gasteiger partial charge in [-0.15, -0.1) is 0 Å². The number of aryl methyl sites for hydroxylation is 3. The Labute approximate surface area is 102 Å². The fraction of sp³-hybridized carbons (Fsp3) is 0.267. The summed E-state index contributed by atoms with van der Waals surface area (Å²) in [4.78, 5) is 15.5. The van der Waals surface area contributed by atoms with E-state index in [0.717, 1.165) is 23.2 Å². The Morgan fingerprint density at radius 2 is 1.82 bits per heavy atom. The molecule has 2 nitrogen and oxygen atoms in total. The van der Waals surface area contributed by atoms with E-state index < -0.39 is 0 Å². The zero-order valence-corrected chi connectivity index (χ0v) is 10.5. The van der Waals surface area contributed by atoms with Gasteiger partial charge in [0.05, 0.1) is 5.69 Å². The first-order valence-corrected chi connectivity index (χ1v) is 5.91. The summed E-state index contributed by atoms with van der Waals surface area (Å²) >= 11 is 0. The monoisotopic (exact) mass is 227 g/mol. The largest absolute Gasteiger partial charge is 0.356 e. The Morgan fingerprint density at radius 1 is 1.18 bits per heavy atom. The maximum absolute atomic E-state index is 12.3. The molecule has 2 heteroatoms. The van der Waals surface area contributed by atoms with E-state index in [-0.39, 0.29) is 5.78 Å². The van der Waals surface area contributed by atoms with Crippen LogP contribution in [0.25, 0.3) is 0 Å². The van der Waals surface area contributed by atoms with Crippen LogP contribution in [0, 0.1) is 13.8 Å². The molecule has 0 unspecified atom stereocenters. The van der Waals surface area contributed by atoms with Gasteiger partial charge in [-0.1, -0.05) is 36.8 Å². The molecular formula is C15H17NO. The molecule has 0 bridgehead atoms. The molecule has 2 aromatic rings. The van der Waals surface area contributed by atoms with Gasteiger partial charge in [0.1, 0.15) is 0 Å². The summed E-state index contributed by atoms with van der Waals surface area (Å²) < 4.78 is 0. The Morgan fingerprint density at radius 3 is 2.35 bits per heavy atom. The second kappa shape index (κ2) is 4.58. The highest BCUT2D eigenvalue weighted by molar-refractivity contribution is 6.08. The second-order valence-corrected chi connectivity index (χ2v) is 4.40. The number of hydrogen-bond donors (Lipinski definition) is 1. The lowest BCUT2D eigenvalue weighted by atomic mass is 10.0. The van der Waals surface area contributed by atoms with Gasteiger partial charge in [-0.25, -0.2) is 0 Å². The highest BCUT2D eigenvalue weighted by Gasteiger charge is 2.14. The molecule has 0 aliphatic rings. The van der Waals surface area contributed by atoms with Crippen LogP contribution in [-0.2, 0) is 6.42 Å². The third-order valence-electron chi connectivity index (χ3n) is 2.99. The van der Waals surface area contributed by atoms with Crippen molar-refractivity contribution >= 4 is 5.78 Å². The number of nitrogens with one attached hydrogen (secondary N) is 1. The summed E-state index contributed by atoms with van der Waals surface area (Å²) in [6.45, 7) is 6.06. The molecule has 1 aromatic heterocycles. The molecule has 0 spiro atoms. The lowest BCUT2D eigenvalue weighted by molar-refractivity contribution is 0.103. The summed E-state index contributed by atoms with van der Waals surface area (Å²) in [5.74, 6) is 0.0715. The lowest BCUT2D eigenvalue weighted by Gasteiger charge is -2.01. The van der Waals surface area contributed by atoms with Crippen LogP contribution in [0.5, 0.6) is 0 Å². The van der Waals surface area contributed by atoms with Gasteiger partial charge in [0.2, 0.25) is 5.78 Å². The van der Waals surface area contributed by atoms with Crippen molar-refractivity contribution < 1.29 is 4.79 Å². The molecule has 0 saturated heterocycles. The van der Waals surface area contributed by atoms with Crippen molar-refractivity contribution in [1.29, 1.82) is 0 Å². The molecule has 0 fully saturated rings. The minimum absolute atomic E-state index is 0.0715. The van der Waals surface area contributed by atoms with Crippen molar-refractivity contribution in [3.8, 4) is 0 Å². The van der Waals surface area contributed by atoms with Crippen LogP contribution in [0.1, 0.15) is 39.8 Å². The van der Waals surface area contributed by atoms with Gasteiger partial charge in [-0.2, -0.15) is 0 Å². The zero-order chi connectivity index (χ0) is 12.4. The Kier molecular flexibility index (Phi) is 3.14. The Bertz CT molecular complexity index is 535. The molecule has 88 valence electrons. The molecule has 0 aliphatic heterocycles. The maximum atomic E-state index is 12.3. The van der Waals surface area contributed by atoms with Crippen molar-refractivity contribution in [3.05, 3.63) is 58.4 Å². The standard InChI is InChI=1S/C15H17NO/c1-4-13-9-11(3)14(16-13)15(17)12-7-5-10(2)6-8-12/h5-9,16H,4H2,1-3H3. The highest BCUT2D eigenvalue weighted by Crippen LogP contribution is 2.15. The van der Waals surface area contributed by atoms with E-state index in [1.165, 1.54) is 5.56 Å².